The molecular weight excluding hydrogens is 388 g/mol. The third kappa shape index (κ3) is 6.27. The molecule has 29 heavy (non-hydrogen) atoms. The van der Waals surface area contributed by atoms with Crippen LogP contribution in [0.2, 0.25) is 0 Å². The largest absolute Gasteiger partial charge is 0.334 e. The smallest absolute Gasteiger partial charge is 0.319 e. The molecule has 0 unspecified atom stereocenters. The van der Waals surface area contributed by atoms with Gasteiger partial charge in [-0.25, -0.2) is 17.9 Å². The number of benzene rings is 1. The Bertz CT molecular complexity index is 893. The van der Waals surface area contributed by atoms with Crippen molar-refractivity contribution < 1.29 is 13.2 Å². The third-order valence-electron chi connectivity index (χ3n) is 5.34. The summed E-state index contributed by atoms with van der Waals surface area (Å²) in [5.41, 5.74) is 1.42. The van der Waals surface area contributed by atoms with Gasteiger partial charge in [0.1, 0.15) is 0 Å². The topological polar surface area (TPSA) is 100 Å². The summed E-state index contributed by atoms with van der Waals surface area (Å²) in [4.78, 5) is 16.2. The van der Waals surface area contributed by atoms with Crippen molar-refractivity contribution in [3.8, 4) is 0 Å². The van der Waals surface area contributed by atoms with E-state index in [1.807, 2.05) is 6.07 Å². The molecule has 156 valence electrons. The number of rotatable bonds is 7. The minimum absolute atomic E-state index is 0.00106. The highest BCUT2D eigenvalue weighted by Crippen LogP contribution is 2.27. The SMILES string of the molecule is CCC1CCC(NS(=O)(=O)c2ccc(NC(=O)NCc3cccnc3)cc2)CC1. The van der Waals surface area contributed by atoms with Crippen molar-refractivity contribution in [2.24, 2.45) is 5.92 Å². The Balaban J connectivity index is 1.51. The Labute approximate surface area is 172 Å². The number of sulfonamides is 1. The lowest BCUT2D eigenvalue weighted by Crippen LogP contribution is -2.37. The van der Waals surface area contributed by atoms with Crippen molar-refractivity contribution in [2.75, 3.05) is 5.32 Å². The van der Waals surface area contributed by atoms with E-state index in [0.717, 1.165) is 37.7 Å². The first-order valence-electron chi connectivity index (χ1n) is 10.0. The van der Waals surface area contributed by atoms with Crippen LogP contribution in [0.3, 0.4) is 0 Å². The number of nitrogens with one attached hydrogen (secondary N) is 3. The Hall–Kier alpha value is -2.45. The van der Waals surface area contributed by atoms with Crippen molar-refractivity contribution in [1.29, 1.82) is 0 Å². The zero-order valence-electron chi connectivity index (χ0n) is 16.6. The monoisotopic (exact) mass is 416 g/mol. The summed E-state index contributed by atoms with van der Waals surface area (Å²) in [6.07, 6.45) is 8.42. The van der Waals surface area contributed by atoms with Gasteiger partial charge in [0, 0.05) is 30.7 Å². The Morgan fingerprint density at radius 2 is 1.83 bits per heavy atom. The summed E-state index contributed by atoms with van der Waals surface area (Å²) in [6.45, 7) is 2.54. The molecule has 3 N–H and O–H groups in total. The fraction of sp³-hybridized carbons (Fsp3) is 0.429. The van der Waals surface area contributed by atoms with Gasteiger partial charge < -0.3 is 10.6 Å². The van der Waals surface area contributed by atoms with Crippen LogP contribution in [0.5, 0.6) is 0 Å². The second-order valence-electron chi connectivity index (χ2n) is 7.44. The quantitative estimate of drug-likeness (QED) is 0.641. The number of aromatic nitrogens is 1. The van der Waals surface area contributed by atoms with Crippen molar-refractivity contribution in [2.45, 2.75) is 56.5 Å². The molecule has 0 bridgehead atoms. The van der Waals surface area contributed by atoms with Crippen molar-refractivity contribution in [3.63, 3.8) is 0 Å². The fourth-order valence-corrected chi connectivity index (χ4v) is 4.86. The molecule has 0 aliphatic heterocycles. The highest BCUT2D eigenvalue weighted by molar-refractivity contribution is 7.89. The summed E-state index contributed by atoms with van der Waals surface area (Å²) >= 11 is 0. The van der Waals surface area contributed by atoms with Gasteiger partial charge >= 0.3 is 6.03 Å². The Kier molecular flexibility index (Phi) is 7.22. The van der Waals surface area contributed by atoms with E-state index in [2.05, 4.69) is 27.3 Å². The van der Waals surface area contributed by atoms with E-state index in [1.54, 1.807) is 30.6 Å². The van der Waals surface area contributed by atoms with E-state index in [-0.39, 0.29) is 17.0 Å². The molecular formula is C21H28N4O3S. The number of carbonyl (C=O) groups is 1. The molecule has 2 aromatic rings. The van der Waals surface area contributed by atoms with Crippen LogP contribution >= 0.6 is 0 Å². The normalized spacial score (nSPS) is 19.5. The van der Waals surface area contributed by atoms with Crippen LogP contribution in [0.4, 0.5) is 10.5 Å². The van der Waals surface area contributed by atoms with Crippen molar-refractivity contribution >= 4 is 21.7 Å². The van der Waals surface area contributed by atoms with Gasteiger partial charge in [-0.2, -0.15) is 0 Å². The van der Waals surface area contributed by atoms with Gasteiger partial charge in [-0.15, -0.1) is 0 Å². The maximum absolute atomic E-state index is 12.6. The minimum atomic E-state index is -3.56. The molecule has 1 aliphatic rings. The lowest BCUT2D eigenvalue weighted by molar-refractivity contribution is 0.251. The van der Waals surface area contributed by atoms with Crippen LogP contribution in [-0.2, 0) is 16.6 Å². The summed E-state index contributed by atoms with van der Waals surface area (Å²) in [5.74, 6) is 0.713. The summed E-state index contributed by atoms with van der Waals surface area (Å²) in [7, 11) is -3.56. The van der Waals surface area contributed by atoms with E-state index in [0.29, 0.717) is 18.2 Å². The lowest BCUT2D eigenvalue weighted by Gasteiger charge is -2.28. The van der Waals surface area contributed by atoms with Crippen LogP contribution in [0.1, 0.15) is 44.6 Å². The second kappa shape index (κ2) is 9.84. The number of hydrogen-bond acceptors (Lipinski definition) is 4. The molecule has 0 atom stereocenters. The molecule has 1 aliphatic carbocycles. The summed E-state index contributed by atoms with van der Waals surface area (Å²) in [5, 5.41) is 5.43. The molecule has 0 radical (unpaired) electrons. The maximum atomic E-state index is 12.6. The van der Waals surface area contributed by atoms with Crippen molar-refractivity contribution in [1.82, 2.24) is 15.0 Å². The molecule has 0 spiro atoms. The Morgan fingerprint density at radius 3 is 2.45 bits per heavy atom. The van der Waals surface area contributed by atoms with Crippen LogP contribution in [-0.4, -0.2) is 25.5 Å². The number of urea groups is 1. The predicted molar refractivity (Wildman–Crippen MR) is 113 cm³/mol. The predicted octanol–water partition coefficient (Wildman–Crippen LogP) is 3.65. The zero-order valence-corrected chi connectivity index (χ0v) is 17.4. The van der Waals surface area contributed by atoms with Crippen LogP contribution < -0.4 is 15.4 Å². The number of amides is 2. The average Bonchev–Trinajstić information content (AvgIpc) is 2.74. The molecule has 3 rings (SSSR count). The highest BCUT2D eigenvalue weighted by atomic mass is 32.2. The molecule has 1 heterocycles. The maximum Gasteiger partial charge on any atom is 0.319 e. The highest BCUT2D eigenvalue weighted by Gasteiger charge is 2.25. The molecule has 1 aromatic heterocycles. The van der Waals surface area contributed by atoms with E-state index in [1.165, 1.54) is 12.1 Å². The zero-order chi connectivity index (χ0) is 20.7. The summed E-state index contributed by atoms with van der Waals surface area (Å²) < 4.78 is 28.1. The number of nitrogens with zero attached hydrogens (tertiary/aromatic N) is 1. The molecule has 1 aromatic carbocycles. The molecule has 0 saturated heterocycles. The summed E-state index contributed by atoms with van der Waals surface area (Å²) in [6, 6.07) is 9.51. The first kappa shape index (κ1) is 21.3. The van der Waals surface area contributed by atoms with Gasteiger partial charge in [0.2, 0.25) is 10.0 Å². The van der Waals surface area contributed by atoms with E-state index < -0.39 is 10.0 Å². The molecule has 8 heteroatoms. The fourth-order valence-electron chi connectivity index (χ4n) is 3.55. The number of carbonyl (C=O) groups excluding carboxylic acids is 1. The number of anilines is 1. The minimum Gasteiger partial charge on any atom is -0.334 e. The second-order valence-corrected chi connectivity index (χ2v) is 9.15. The number of hydrogen-bond donors (Lipinski definition) is 3. The molecule has 1 fully saturated rings. The van der Waals surface area contributed by atoms with Crippen LogP contribution in [0.15, 0.2) is 53.7 Å². The van der Waals surface area contributed by atoms with Gasteiger partial charge in [-0.05, 0) is 67.5 Å². The van der Waals surface area contributed by atoms with Gasteiger partial charge in [0.25, 0.3) is 0 Å². The van der Waals surface area contributed by atoms with E-state index >= 15 is 0 Å². The molecule has 7 nitrogen and oxygen atoms in total. The number of pyridine rings is 1. The average molecular weight is 417 g/mol. The lowest BCUT2D eigenvalue weighted by atomic mass is 9.85. The van der Waals surface area contributed by atoms with Gasteiger partial charge in [0.05, 0.1) is 4.90 Å². The van der Waals surface area contributed by atoms with E-state index in [9.17, 15) is 13.2 Å². The standard InChI is InChI=1S/C21H28N4O3S/c1-2-16-5-7-19(8-6-16)25-29(27,28)20-11-9-18(10-12-20)24-21(26)23-15-17-4-3-13-22-14-17/h3-4,9-14,16,19,25H,2,5-8,15H2,1H3,(H2,23,24,26). The van der Waals surface area contributed by atoms with Gasteiger partial charge in [-0.1, -0.05) is 19.4 Å². The Morgan fingerprint density at radius 1 is 1.10 bits per heavy atom. The van der Waals surface area contributed by atoms with Gasteiger partial charge in [-0.3, -0.25) is 4.98 Å². The van der Waals surface area contributed by atoms with Crippen LogP contribution in [0.25, 0.3) is 0 Å². The third-order valence-corrected chi connectivity index (χ3v) is 6.88. The first-order valence-corrected chi connectivity index (χ1v) is 11.5. The van der Waals surface area contributed by atoms with Crippen LogP contribution in [0, 0.1) is 5.92 Å². The van der Waals surface area contributed by atoms with Gasteiger partial charge in [0.15, 0.2) is 0 Å². The van der Waals surface area contributed by atoms with Crippen molar-refractivity contribution in [3.05, 3.63) is 54.4 Å². The first-order chi connectivity index (χ1) is 14.0. The molecule has 2 amide bonds. The van der Waals surface area contributed by atoms with E-state index in [4.69, 9.17) is 0 Å². The molecule has 1 saturated carbocycles.